The fraction of sp³-hybridized carbons (Fsp3) is 0.667. The molecule has 0 spiro atoms. The van der Waals surface area contributed by atoms with Gasteiger partial charge in [-0.25, -0.2) is 9.78 Å². The van der Waals surface area contributed by atoms with Crippen LogP contribution in [0.15, 0.2) is 12.4 Å². The van der Waals surface area contributed by atoms with Crippen molar-refractivity contribution in [3.8, 4) is 0 Å². The first-order valence-corrected chi connectivity index (χ1v) is 6.09. The van der Waals surface area contributed by atoms with E-state index in [9.17, 15) is 4.79 Å². The second-order valence-electron chi connectivity index (χ2n) is 4.55. The largest absolute Gasteiger partial charge is 0.338 e. The number of hydrogen-bond acceptors (Lipinski definition) is 2. The average Bonchev–Trinajstić information content (AvgIpc) is 2.68. The van der Waals surface area contributed by atoms with Crippen molar-refractivity contribution in [3.05, 3.63) is 18.2 Å². The monoisotopic (exact) mass is 238 g/mol. The first-order chi connectivity index (χ1) is 8.09. The molecule has 96 valence electrons. The molecule has 0 fully saturated rings. The van der Waals surface area contributed by atoms with Gasteiger partial charge in [-0.05, 0) is 19.3 Å². The Morgan fingerprint density at radius 3 is 2.82 bits per heavy atom. The molecule has 0 unspecified atom stereocenters. The molecular formula is C12H22N4O. The quantitative estimate of drug-likeness (QED) is 0.738. The van der Waals surface area contributed by atoms with E-state index in [1.165, 1.54) is 0 Å². The Morgan fingerprint density at radius 1 is 1.47 bits per heavy atom. The van der Waals surface area contributed by atoms with Gasteiger partial charge in [-0.2, -0.15) is 0 Å². The molecule has 0 aliphatic rings. The molecule has 0 aromatic carbocycles. The molecule has 17 heavy (non-hydrogen) atoms. The van der Waals surface area contributed by atoms with E-state index in [1.54, 1.807) is 6.20 Å². The first kappa shape index (κ1) is 13.5. The third-order valence-corrected chi connectivity index (χ3v) is 2.46. The van der Waals surface area contributed by atoms with Gasteiger partial charge in [0.2, 0.25) is 0 Å². The minimum absolute atomic E-state index is 0.0824. The summed E-state index contributed by atoms with van der Waals surface area (Å²) in [6, 6.07) is -0.0824. The van der Waals surface area contributed by atoms with E-state index in [0.29, 0.717) is 19.0 Å². The number of carbonyl (C=O) groups excluding carboxylic acids is 1. The standard InChI is InChI=1S/C12H22N4O/c1-10(2)9-15-12(17)14-5-4-7-16-8-6-13-11(16)3/h6,8,10H,4-5,7,9H2,1-3H3,(H2,14,15,17). The van der Waals surface area contributed by atoms with Crippen molar-refractivity contribution in [2.45, 2.75) is 33.7 Å². The highest BCUT2D eigenvalue weighted by molar-refractivity contribution is 5.73. The number of urea groups is 1. The number of rotatable bonds is 6. The lowest BCUT2D eigenvalue weighted by Gasteiger charge is -2.09. The van der Waals surface area contributed by atoms with Crippen molar-refractivity contribution in [3.63, 3.8) is 0 Å². The Labute approximate surface area is 103 Å². The maximum absolute atomic E-state index is 11.3. The Kier molecular flexibility index (Phi) is 5.52. The van der Waals surface area contributed by atoms with Gasteiger partial charge >= 0.3 is 6.03 Å². The second kappa shape index (κ2) is 6.93. The van der Waals surface area contributed by atoms with E-state index in [-0.39, 0.29) is 6.03 Å². The van der Waals surface area contributed by atoms with Gasteiger partial charge < -0.3 is 15.2 Å². The van der Waals surface area contributed by atoms with E-state index < -0.39 is 0 Å². The molecule has 0 aliphatic heterocycles. The lowest BCUT2D eigenvalue weighted by molar-refractivity contribution is 0.239. The lowest BCUT2D eigenvalue weighted by Crippen LogP contribution is -2.38. The van der Waals surface area contributed by atoms with Crippen LogP contribution in [0.5, 0.6) is 0 Å². The minimum atomic E-state index is -0.0824. The van der Waals surface area contributed by atoms with Crippen molar-refractivity contribution in [1.29, 1.82) is 0 Å². The fourth-order valence-corrected chi connectivity index (χ4v) is 1.45. The highest BCUT2D eigenvalue weighted by Crippen LogP contribution is 1.96. The van der Waals surface area contributed by atoms with Crippen molar-refractivity contribution < 1.29 is 4.79 Å². The normalized spacial score (nSPS) is 10.6. The van der Waals surface area contributed by atoms with Crippen LogP contribution in [-0.2, 0) is 6.54 Å². The molecule has 1 heterocycles. The number of nitrogens with zero attached hydrogens (tertiary/aromatic N) is 2. The van der Waals surface area contributed by atoms with Gasteiger partial charge in [0, 0.05) is 32.0 Å². The van der Waals surface area contributed by atoms with E-state index in [4.69, 9.17) is 0 Å². The molecule has 2 amide bonds. The minimum Gasteiger partial charge on any atom is -0.338 e. The molecule has 0 atom stereocenters. The molecule has 0 bridgehead atoms. The zero-order valence-corrected chi connectivity index (χ0v) is 10.9. The van der Waals surface area contributed by atoms with Crippen LogP contribution in [0, 0.1) is 12.8 Å². The van der Waals surface area contributed by atoms with E-state index in [2.05, 4.69) is 34.0 Å². The van der Waals surface area contributed by atoms with Crippen molar-refractivity contribution in [1.82, 2.24) is 20.2 Å². The molecule has 0 saturated carbocycles. The number of imidazole rings is 1. The van der Waals surface area contributed by atoms with Gasteiger partial charge in [0.15, 0.2) is 0 Å². The lowest BCUT2D eigenvalue weighted by atomic mass is 10.2. The summed E-state index contributed by atoms with van der Waals surface area (Å²) in [6.07, 6.45) is 4.65. The number of hydrogen-bond donors (Lipinski definition) is 2. The summed E-state index contributed by atoms with van der Waals surface area (Å²) in [5.41, 5.74) is 0. The van der Waals surface area contributed by atoms with Crippen LogP contribution in [0.3, 0.4) is 0 Å². The Balaban J connectivity index is 2.08. The van der Waals surface area contributed by atoms with Gasteiger partial charge in [-0.1, -0.05) is 13.8 Å². The topological polar surface area (TPSA) is 59.0 Å². The van der Waals surface area contributed by atoms with Crippen LogP contribution in [0.1, 0.15) is 26.1 Å². The molecule has 2 N–H and O–H groups in total. The van der Waals surface area contributed by atoms with E-state index >= 15 is 0 Å². The Bertz CT molecular complexity index is 346. The highest BCUT2D eigenvalue weighted by atomic mass is 16.2. The molecule has 1 aromatic heterocycles. The SMILES string of the molecule is Cc1nccn1CCCNC(=O)NCC(C)C. The first-order valence-electron chi connectivity index (χ1n) is 6.09. The van der Waals surface area contributed by atoms with E-state index in [1.807, 2.05) is 13.1 Å². The number of carbonyl (C=O) groups is 1. The average molecular weight is 238 g/mol. The van der Waals surface area contributed by atoms with Crippen LogP contribution in [0.25, 0.3) is 0 Å². The van der Waals surface area contributed by atoms with Crippen molar-refractivity contribution in [2.24, 2.45) is 5.92 Å². The van der Waals surface area contributed by atoms with Gasteiger partial charge in [-0.15, -0.1) is 0 Å². The summed E-state index contributed by atoms with van der Waals surface area (Å²) in [5, 5.41) is 5.65. The highest BCUT2D eigenvalue weighted by Gasteiger charge is 2.01. The summed E-state index contributed by atoms with van der Waals surface area (Å²) in [4.78, 5) is 15.5. The molecule has 0 aliphatic carbocycles. The van der Waals surface area contributed by atoms with Gasteiger partial charge in [0.25, 0.3) is 0 Å². The third kappa shape index (κ3) is 5.38. The number of amides is 2. The van der Waals surface area contributed by atoms with Crippen LogP contribution in [-0.4, -0.2) is 28.7 Å². The molecule has 1 rings (SSSR count). The number of nitrogens with one attached hydrogen (secondary N) is 2. The predicted molar refractivity (Wildman–Crippen MR) is 67.8 cm³/mol. The van der Waals surface area contributed by atoms with Gasteiger partial charge in [-0.3, -0.25) is 0 Å². The Morgan fingerprint density at radius 2 is 2.24 bits per heavy atom. The van der Waals surface area contributed by atoms with Crippen LogP contribution >= 0.6 is 0 Å². The maximum atomic E-state index is 11.3. The van der Waals surface area contributed by atoms with Gasteiger partial charge in [0.05, 0.1) is 0 Å². The Hall–Kier alpha value is -1.52. The van der Waals surface area contributed by atoms with Crippen molar-refractivity contribution >= 4 is 6.03 Å². The molecular weight excluding hydrogens is 216 g/mol. The number of aromatic nitrogens is 2. The summed E-state index contributed by atoms with van der Waals surface area (Å²) in [7, 11) is 0. The molecule has 0 radical (unpaired) electrons. The molecule has 5 nitrogen and oxygen atoms in total. The van der Waals surface area contributed by atoms with Crippen LogP contribution in [0.4, 0.5) is 4.79 Å². The fourth-order valence-electron chi connectivity index (χ4n) is 1.45. The zero-order chi connectivity index (χ0) is 12.7. The summed E-state index contributed by atoms with van der Waals surface area (Å²) in [6.45, 7) is 8.40. The molecule has 1 aromatic rings. The molecule has 0 saturated heterocycles. The maximum Gasteiger partial charge on any atom is 0.314 e. The van der Waals surface area contributed by atoms with Crippen LogP contribution in [0.2, 0.25) is 0 Å². The van der Waals surface area contributed by atoms with Crippen molar-refractivity contribution in [2.75, 3.05) is 13.1 Å². The van der Waals surface area contributed by atoms with Gasteiger partial charge in [0.1, 0.15) is 5.82 Å². The summed E-state index contributed by atoms with van der Waals surface area (Å²) in [5.74, 6) is 1.49. The third-order valence-electron chi connectivity index (χ3n) is 2.46. The van der Waals surface area contributed by atoms with E-state index in [0.717, 1.165) is 18.8 Å². The second-order valence-corrected chi connectivity index (χ2v) is 4.55. The summed E-state index contributed by atoms with van der Waals surface area (Å²) >= 11 is 0. The van der Waals surface area contributed by atoms with Crippen LogP contribution < -0.4 is 10.6 Å². The summed E-state index contributed by atoms with van der Waals surface area (Å²) < 4.78 is 2.08. The molecule has 5 heteroatoms. The smallest absolute Gasteiger partial charge is 0.314 e. The predicted octanol–water partition coefficient (Wildman–Crippen LogP) is 1.54. The zero-order valence-electron chi connectivity index (χ0n) is 10.9. The number of aryl methyl sites for hydroxylation is 2.